The van der Waals surface area contributed by atoms with Crippen molar-refractivity contribution in [3.05, 3.63) is 92.6 Å². The molecule has 0 bridgehead atoms. The number of hydrogen-bond donors (Lipinski definition) is 0. The number of rotatable bonds is 6. The highest BCUT2D eigenvalue weighted by Gasteiger charge is 2.32. The summed E-state index contributed by atoms with van der Waals surface area (Å²) in [4.78, 5) is 57.0. The summed E-state index contributed by atoms with van der Waals surface area (Å²) in [5.74, 6) is -0.236. The Hall–Kier alpha value is -4.60. The second-order valence-electron chi connectivity index (χ2n) is 8.74. The van der Waals surface area contributed by atoms with Crippen molar-refractivity contribution in [3.63, 3.8) is 0 Å². The van der Waals surface area contributed by atoms with Crippen molar-refractivity contribution in [2.45, 2.75) is 26.4 Å². The van der Waals surface area contributed by atoms with Crippen LogP contribution in [0.2, 0.25) is 0 Å². The Balaban J connectivity index is 1.63. The second-order valence-corrected chi connectivity index (χ2v) is 8.74. The van der Waals surface area contributed by atoms with Gasteiger partial charge < -0.3 is 0 Å². The number of hydrogen-bond acceptors (Lipinski definition) is 7. The number of nitrogens with zero attached hydrogens (tertiary/aromatic N) is 6. The summed E-state index contributed by atoms with van der Waals surface area (Å²) in [6.45, 7) is 3.18. The molecule has 0 aliphatic carbocycles. The van der Waals surface area contributed by atoms with E-state index >= 15 is 0 Å². The molecule has 0 amide bonds. The zero-order valence-corrected chi connectivity index (χ0v) is 20.1. The summed E-state index contributed by atoms with van der Waals surface area (Å²) >= 11 is 0. The molecule has 10 heteroatoms. The van der Waals surface area contributed by atoms with Crippen LogP contribution in [0.15, 0.2) is 75.4 Å². The van der Waals surface area contributed by atoms with Crippen LogP contribution in [-0.2, 0) is 13.6 Å². The lowest BCUT2D eigenvalue weighted by Gasteiger charge is -2.28. The van der Waals surface area contributed by atoms with E-state index in [1.807, 2.05) is 13.0 Å². The fraction of sp³-hybridized carbons (Fsp3) is 0.231. The molecule has 1 atom stereocenters. The largest absolute Gasteiger partial charge is 0.332 e. The van der Waals surface area contributed by atoms with Gasteiger partial charge in [-0.15, -0.1) is 0 Å². The van der Waals surface area contributed by atoms with Crippen LogP contribution in [0.5, 0.6) is 0 Å². The number of benzene rings is 2. The maximum Gasteiger partial charge on any atom is 0.332 e. The molecule has 0 unspecified atom stereocenters. The quantitative estimate of drug-likeness (QED) is 0.389. The van der Waals surface area contributed by atoms with E-state index in [1.165, 1.54) is 16.6 Å². The van der Waals surface area contributed by atoms with Crippen LogP contribution in [-0.4, -0.2) is 42.5 Å². The molecule has 0 N–H and O–H groups in total. The summed E-state index contributed by atoms with van der Waals surface area (Å²) in [6.07, 6.45) is 0. The van der Waals surface area contributed by atoms with E-state index in [-0.39, 0.29) is 41.3 Å². The lowest BCUT2D eigenvalue weighted by Crippen LogP contribution is -2.42. The van der Waals surface area contributed by atoms with Crippen LogP contribution >= 0.6 is 0 Å². The third kappa shape index (κ3) is 3.76. The molecule has 0 saturated carbocycles. The molecule has 0 fully saturated rings. The highest BCUT2D eigenvalue weighted by Crippen LogP contribution is 2.29. The first-order valence-corrected chi connectivity index (χ1v) is 11.5. The summed E-state index contributed by atoms with van der Waals surface area (Å²) in [5, 5.41) is 6.01. The molecule has 182 valence electrons. The summed E-state index contributed by atoms with van der Waals surface area (Å²) in [5.41, 5.74) is 0.674. The Kier molecular flexibility index (Phi) is 5.71. The standard InChI is InChI=1S/C26H24N6O4/c1-16-17(2)32-22-23(27-25(32)31(28-16)15-21(34)19-12-8-5-9-13-19)29(3)26(36)30(24(22)35)14-20(33)18-10-6-4-7-11-18/h4-13,17H,14-15H2,1-3H3/t17-/m1/s1. The van der Waals surface area contributed by atoms with Crippen molar-refractivity contribution in [3.8, 4) is 0 Å². The minimum Gasteiger partial charge on any atom is -0.294 e. The number of anilines is 1. The molecule has 2 aromatic heterocycles. The molecule has 0 radical (unpaired) electrons. The SMILES string of the molecule is CC1=NN(CC(=O)c2ccccc2)c2nc3c(c(=O)n(CC(=O)c4ccccc4)c(=O)n3C)n2[C@@H]1C. The zero-order chi connectivity index (χ0) is 25.6. The Morgan fingerprint density at radius 1 is 0.889 bits per heavy atom. The van der Waals surface area contributed by atoms with E-state index in [0.29, 0.717) is 16.8 Å². The maximum atomic E-state index is 13.6. The van der Waals surface area contributed by atoms with Crippen molar-refractivity contribution in [1.29, 1.82) is 0 Å². The van der Waals surface area contributed by atoms with Gasteiger partial charge in [0.1, 0.15) is 6.54 Å². The fourth-order valence-corrected chi connectivity index (χ4v) is 4.34. The zero-order valence-electron chi connectivity index (χ0n) is 20.1. The van der Waals surface area contributed by atoms with Gasteiger partial charge in [-0.2, -0.15) is 10.1 Å². The molecule has 36 heavy (non-hydrogen) atoms. The third-order valence-corrected chi connectivity index (χ3v) is 6.45. The summed E-state index contributed by atoms with van der Waals surface area (Å²) < 4.78 is 3.86. The second kappa shape index (κ2) is 8.88. The molecule has 1 aliphatic rings. The van der Waals surface area contributed by atoms with Crippen LogP contribution in [0.3, 0.4) is 0 Å². The number of carbonyl (C=O) groups excluding carboxylic acids is 2. The first kappa shape index (κ1) is 23.2. The predicted molar refractivity (Wildman–Crippen MR) is 136 cm³/mol. The van der Waals surface area contributed by atoms with Crippen molar-refractivity contribution >= 4 is 34.4 Å². The van der Waals surface area contributed by atoms with E-state index in [4.69, 9.17) is 0 Å². The maximum absolute atomic E-state index is 13.6. The number of Topliss-reactive ketones (excluding diaryl/α,β-unsaturated/α-hetero) is 2. The van der Waals surface area contributed by atoms with Crippen LogP contribution in [0.1, 0.15) is 40.6 Å². The summed E-state index contributed by atoms with van der Waals surface area (Å²) in [6, 6.07) is 17.0. The molecule has 10 nitrogen and oxygen atoms in total. The predicted octanol–water partition coefficient (Wildman–Crippen LogP) is 2.42. The average Bonchev–Trinajstić information content (AvgIpc) is 3.31. The Morgan fingerprint density at radius 3 is 2.03 bits per heavy atom. The van der Waals surface area contributed by atoms with Gasteiger partial charge in [-0.1, -0.05) is 60.7 Å². The van der Waals surface area contributed by atoms with Crippen LogP contribution in [0, 0.1) is 0 Å². The van der Waals surface area contributed by atoms with Crippen LogP contribution in [0.4, 0.5) is 5.95 Å². The van der Waals surface area contributed by atoms with Crippen LogP contribution in [0.25, 0.3) is 11.2 Å². The number of carbonyl (C=O) groups is 2. The Labute approximate surface area is 205 Å². The van der Waals surface area contributed by atoms with E-state index < -0.39 is 17.8 Å². The van der Waals surface area contributed by atoms with Crippen molar-refractivity contribution < 1.29 is 9.59 Å². The van der Waals surface area contributed by atoms with Crippen molar-refractivity contribution in [1.82, 2.24) is 18.7 Å². The van der Waals surface area contributed by atoms with Gasteiger partial charge in [0, 0.05) is 18.2 Å². The minimum atomic E-state index is -0.649. The monoisotopic (exact) mass is 484 g/mol. The Morgan fingerprint density at radius 2 is 1.44 bits per heavy atom. The van der Waals surface area contributed by atoms with Gasteiger partial charge in [0.25, 0.3) is 5.56 Å². The number of hydrazone groups is 1. The van der Waals surface area contributed by atoms with Gasteiger partial charge in [-0.05, 0) is 13.8 Å². The van der Waals surface area contributed by atoms with Gasteiger partial charge >= 0.3 is 5.69 Å². The number of aromatic nitrogens is 4. The van der Waals surface area contributed by atoms with Crippen molar-refractivity contribution in [2.24, 2.45) is 12.1 Å². The molecule has 0 saturated heterocycles. The van der Waals surface area contributed by atoms with Gasteiger partial charge in [0.05, 0.1) is 18.3 Å². The van der Waals surface area contributed by atoms with E-state index in [0.717, 1.165) is 4.57 Å². The highest BCUT2D eigenvalue weighted by atomic mass is 16.2. The van der Waals surface area contributed by atoms with Gasteiger partial charge in [0.2, 0.25) is 5.95 Å². The normalized spacial score (nSPS) is 15.0. The molecule has 0 spiro atoms. The van der Waals surface area contributed by atoms with E-state index in [1.54, 1.807) is 66.1 Å². The first-order valence-electron chi connectivity index (χ1n) is 11.5. The van der Waals surface area contributed by atoms with Crippen molar-refractivity contribution in [2.75, 3.05) is 11.6 Å². The molecule has 4 aromatic rings. The Bertz CT molecular complexity index is 1650. The first-order chi connectivity index (χ1) is 17.3. The topological polar surface area (TPSA) is 112 Å². The molecule has 2 aromatic carbocycles. The summed E-state index contributed by atoms with van der Waals surface area (Å²) in [7, 11) is 1.50. The fourth-order valence-electron chi connectivity index (χ4n) is 4.34. The van der Waals surface area contributed by atoms with Crippen LogP contribution < -0.4 is 16.3 Å². The molecule has 1 aliphatic heterocycles. The third-order valence-electron chi connectivity index (χ3n) is 6.45. The lowest BCUT2D eigenvalue weighted by molar-refractivity contribution is 0.0966. The van der Waals surface area contributed by atoms with Gasteiger partial charge in [-0.25, -0.2) is 9.80 Å². The van der Waals surface area contributed by atoms with Gasteiger partial charge in [0.15, 0.2) is 22.7 Å². The lowest BCUT2D eigenvalue weighted by atomic mass is 10.1. The molecule has 5 rings (SSSR count). The number of fused-ring (bicyclic) bond motifs is 3. The number of aryl methyl sites for hydroxylation is 1. The number of ketones is 2. The highest BCUT2D eigenvalue weighted by molar-refractivity contribution is 6.00. The molecular formula is C26H24N6O4. The minimum absolute atomic E-state index is 0.0912. The van der Waals surface area contributed by atoms with Gasteiger partial charge in [-0.3, -0.25) is 28.1 Å². The van der Waals surface area contributed by atoms with E-state index in [2.05, 4.69) is 10.1 Å². The smallest absolute Gasteiger partial charge is 0.294 e. The molecular weight excluding hydrogens is 460 g/mol. The average molecular weight is 485 g/mol. The molecule has 3 heterocycles. The number of imidazole rings is 1. The van der Waals surface area contributed by atoms with E-state index in [9.17, 15) is 19.2 Å².